The first-order valence-electron chi connectivity index (χ1n) is 6.29. The first-order chi connectivity index (χ1) is 10.3. The number of hydrogen-bond donors (Lipinski definition) is 3. The number of hydrogen-bond acceptors (Lipinski definition) is 6. The normalized spacial score (nSPS) is 13.0. The molecule has 1 atom stereocenters. The molecule has 2 aromatic rings. The lowest BCUT2D eigenvalue weighted by atomic mass is 10.2. The van der Waals surface area contributed by atoms with Crippen LogP contribution < -0.4 is 10.9 Å². The highest BCUT2D eigenvalue weighted by molar-refractivity contribution is 7.89. The molecule has 9 nitrogen and oxygen atoms in total. The van der Waals surface area contributed by atoms with Gasteiger partial charge in [0.2, 0.25) is 10.0 Å². The van der Waals surface area contributed by atoms with E-state index >= 15 is 0 Å². The molecule has 0 radical (unpaired) electrons. The summed E-state index contributed by atoms with van der Waals surface area (Å²) in [4.78, 5) is 10.6. The molecule has 0 saturated heterocycles. The van der Waals surface area contributed by atoms with Crippen molar-refractivity contribution in [2.75, 3.05) is 0 Å². The van der Waals surface area contributed by atoms with Crippen molar-refractivity contribution in [3.63, 3.8) is 0 Å². The van der Waals surface area contributed by atoms with Crippen LogP contribution in [0.25, 0.3) is 11.3 Å². The highest BCUT2D eigenvalue weighted by atomic mass is 32.2. The Labute approximate surface area is 126 Å². The Morgan fingerprint density at radius 2 is 1.95 bits per heavy atom. The number of nitrogens with zero attached hydrogens (tertiary/aromatic N) is 3. The molecule has 0 aliphatic rings. The van der Waals surface area contributed by atoms with Gasteiger partial charge in [0.15, 0.2) is 0 Å². The zero-order chi connectivity index (χ0) is 16.3. The van der Waals surface area contributed by atoms with Gasteiger partial charge in [-0.1, -0.05) is 17.3 Å². The number of primary sulfonamides is 1. The van der Waals surface area contributed by atoms with Crippen molar-refractivity contribution in [1.82, 2.24) is 15.0 Å². The molecule has 0 fully saturated rings. The van der Waals surface area contributed by atoms with Crippen LogP contribution in [0.2, 0.25) is 0 Å². The molecule has 0 aliphatic heterocycles. The molecule has 118 valence electrons. The second kappa shape index (κ2) is 6.22. The maximum Gasteiger partial charge on any atom is 0.320 e. The van der Waals surface area contributed by atoms with E-state index in [1.165, 1.54) is 16.8 Å². The second-order valence-electron chi connectivity index (χ2n) is 4.67. The van der Waals surface area contributed by atoms with Crippen molar-refractivity contribution in [3.05, 3.63) is 30.5 Å². The van der Waals surface area contributed by atoms with Gasteiger partial charge in [-0.3, -0.25) is 9.48 Å². The van der Waals surface area contributed by atoms with Gasteiger partial charge in [0.25, 0.3) is 0 Å². The molecule has 2 rings (SSSR count). The number of carbonyl (C=O) groups is 1. The minimum Gasteiger partial charge on any atom is -0.480 e. The predicted octanol–water partition coefficient (Wildman–Crippen LogP) is -0.606. The lowest BCUT2D eigenvalue weighted by molar-refractivity contribution is -0.138. The Morgan fingerprint density at radius 1 is 1.32 bits per heavy atom. The van der Waals surface area contributed by atoms with Gasteiger partial charge in [0, 0.05) is 12.1 Å². The van der Waals surface area contributed by atoms with Crippen molar-refractivity contribution in [1.29, 1.82) is 0 Å². The molecular formula is C12H15N5O4S. The number of nitrogens with two attached hydrogens (primary N) is 2. The van der Waals surface area contributed by atoms with Gasteiger partial charge in [-0.25, -0.2) is 13.6 Å². The monoisotopic (exact) mass is 325 g/mol. The Kier molecular flexibility index (Phi) is 4.54. The highest BCUT2D eigenvalue weighted by Crippen LogP contribution is 2.18. The Bertz CT molecular complexity index is 769. The van der Waals surface area contributed by atoms with Gasteiger partial charge in [-0.2, -0.15) is 0 Å². The summed E-state index contributed by atoms with van der Waals surface area (Å²) in [5.74, 6) is -1.07. The van der Waals surface area contributed by atoms with Crippen LogP contribution in [0.4, 0.5) is 0 Å². The number of carboxylic acids is 1. The molecule has 10 heteroatoms. The van der Waals surface area contributed by atoms with E-state index < -0.39 is 22.0 Å². The van der Waals surface area contributed by atoms with Crippen LogP contribution in [-0.2, 0) is 21.4 Å². The molecule has 1 heterocycles. The molecule has 0 aliphatic carbocycles. The van der Waals surface area contributed by atoms with Crippen LogP contribution in [0.3, 0.4) is 0 Å². The van der Waals surface area contributed by atoms with E-state index in [-0.39, 0.29) is 11.3 Å². The molecule has 22 heavy (non-hydrogen) atoms. The smallest absolute Gasteiger partial charge is 0.320 e. The van der Waals surface area contributed by atoms with Gasteiger partial charge in [-0.15, -0.1) is 5.10 Å². The van der Waals surface area contributed by atoms with Crippen molar-refractivity contribution in [3.8, 4) is 11.3 Å². The fourth-order valence-corrected chi connectivity index (χ4v) is 2.27. The standard InChI is InChI=1S/C12H15N5O4S/c13-10(12(18)19)5-6-17-7-11(15-16-17)8-1-3-9(4-2-8)22(14,20)21/h1-4,7,10H,5-6,13H2,(H,18,19)(H2,14,20,21)/t10-/m1/s1. The molecule has 0 unspecified atom stereocenters. The van der Waals surface area contributed by atoms with Gasteiger partial charge in [-0.05, 0) is 18.6 Å². The molecule has 0 amide bonds. The molecule has 1 aromatic carbocycles. The highest BCUT2D eigenvalue weighted by Gasteiger charge is 2.12. The number of sulfonamides is 1. The largest absolute Gasteiger partial charge is 0.480 e. The van der Waals surface area contributed by atoms with Crippen LogP contribution in [0, 0.1) is 0 Å². The number of carboxylic acid groups (broad SMARTS) is 1. The minimum absolute atomic E-state index is 0.0103. The van der Waals surface area contributed by atoms with Crippen LogP contribution >= 0.6 is 0 Å². The third-order valence-corrected chi connectivity index (χ3v) is 3.93. The molecule has 1 aromatic heterocycles. The first-order valence-corrected chi connectivity index (χ1v) is 7.84. The summed E-state index contributed by atoms with van der Waals surface area (Å²) < 4.78 is 23.8. The van der Waals surface area contributed by atoms with E-state index in [4.69, 9.17) is 16.0 Å². The number of aromatic nitrogens is 3. The summed E-state index contributed by atoms with van der Waals surface area (Å²) in [6.07, 6.45) is 1.85. The lowest BCUT2D eigenvalue weighted by Gasteiger charge is -2.04. The third-order valence-electron chi connectivity index (χ3n) is 3.00. The third kappa shape index (κ3) is 3.87. The summed E-state index contributed by atoms with van der Waals surface area (Å²) in [6.45, 7) is 0.315. The van der Waals surface area contributed by atoms with Crippen LogP contribution in [-0.4, -0.2) is 40.5 Å². The minimum atomic E-state index is -3.73. The first kappa shape index (κ1) is 16.1. The molecule has 0 saturated carbocycles. The van der Waals surface area contributed by atoms with Crippen molar-refractivity contribution in [2.24, 2.45) is 10.9 Å². The summed E-state index contributed by atoms with van der Waals surface area (Å²) in [5.41, 5.74) is 6.61. The van der Waals surface area contributed by atoms with E-state index in [0.717, 1.165) is 0 Å². The molecule has 5 N–H and O–H groups in total. The van der Waals surface area contributed by atoms with Gasteiger partial charge in [0.1, 0.15) is 11.7 Å². The Morgan fingerprint density at radius 3 is 2.50 bits per heavy atom. The molecule has 0 spiro atoms. The zero-order valence-corrected chi connectivity index (χ0v) is 12.3. The van der Waals surface area contributed by atoms with Gasteiger partial charge in [0.05, 0.1) is 11.1 Å². The zero-order valence-electron chi connectivity index (χ0n) is 11.5. The van der Waals surface area contributed by atoms with E-state index in [0.29, 0.717) is 17.8 Å². The van der Waals surface area contributed by atoms with Crippen molar-refractivity contribution >= 4 is 16.0 Å². The number of benzene rings is 1. The van der Waals surface area contributed by atoms with E-state index in [1.54, 1.807) is 18.3 Å². The number of aryl methyl sites for hydroxylation is 1. The number of aliphatic carboxylic acids is 1. The van der Waals surface area contributed by atoms with Gasteiger partial charge >= 0.3 is 5.97 Å². The average Bonchev–Trinajstić information content (AvgIpc) is 2.92. The Balaban J connectivity index is 2.10. The summed E-state index contributed by atoms with van der Waals surface area (Å²) in [6, 6.07) is 4.93. The predicted molar refractivity (Wildman–Crippen MR) is 77.1 cm³/mol. The van der Waals surface area contributed by atoms with Crippen LogP contribution in [0.5, 0.6) is 0 Å². The fraction of sp³-hybridized carbons (Fsp3) is 0.250. The number of rotatable bonds is 6. The molecule has 0 bridgehead atoms. The van der Waals surface area contributed by atoms with E-state index in [9.17, 15) is 13.2 Å². The summed E-state index contributed by atoms with van der Waals surface area (Å²) in [7, 11) is -3.73. The summed E-state index contributed by atoms with van der Waals surface area (Å²) in [5, 5.41) is 21.5. The maximum absolute atomic E-state index is 11.2. The van der Waals surface area contributed by atoms with E-state index in [2.05, 4.69) is 10.3 Å². The summed E-state index contributed by atoms with van der Waals surface area (Å²) >= 11 is 0. The lowest BCUT2D eigenvalue weighted by Crippen LogP contribution is -2.31. The quantitative estimate of drug-likeness (QED) is 0.640. The van der Waals surface area contributed by atoms with Gasteiger partial charge < -0.3 is 10.8 Å². The Hall–Kier alpha value is -2.30. The van der Waals surface area contributed by atoms with Crippen LogP contribution in [0.15, 0.2) is 35.4 Å². The maximum atomic E-state index is 11.2. The van der Waals surface area contributed by atoms with E-state index in [1.807, 2.05) is 0 Å². The van der Waals surface area contributed by atoms with Crippen LogP contribution in [0.1, 0.15) is 6.42 Å². The average molecular weight is 325 g/mol. The SMILES string of the molecule is N[C@H](CCn1cc(-c2ccc(S(N)(=O)=O)cc2)nn1)C(=O)O. The van der Waals surface area contributed by atoms with Crippen molar-refractivity contribution in [2.45, 2.75) is 23.9 Å². The topological polar surface area (TPSA) is 154 Å². The fourth-order valence-electron chi connectivity index (χ4n) is 1.75. The second-order valence-corrected chi connectivity index (χ2v) is 6.23. The van der Waals surface area contributed by atoms with Crippen molar-refractivity contribution < 1.29 is 18.3 Å². The molecular weight excluding hydrogens is 310 g/mol.